The van der Waals surface area contributed by atoms with Crippen LogP contribution in [-0.2, 0) is 14.8 Å². The number of sulfonamides is 1. The number of piperidine rings is 1. The van der Waals surface area contributed by atoms with Crippen LogP contribution in [0.2, 0.25) is 5.02 Å². The Bertz CT molecular complexity index is 906. The van der Waals surface area contributed by atoms with E-state index in [9.17, 15) is 13.2 Å². The number of nitrogens with zero attached hydrogens (tertiary/aromatic N) is 2. The van der Waals surface area contributed by atoms with Crippen LogP contribution in [0, 0.1) is 5.92 Å². The Hall–Kier alpha value is -1.59. The van der Waals surface area contributed by atoms with Gasteiger partial charge in [0.1, 0.15) is 0 Å². The van der Waals surface area contributed by atoms with Gasteiger partial charge in [-0.3, -0.25) is 9.69 Å². The molecule has 3 N–H and O–H groups in total. The molecule has 11 heteroatoms. The smallest absolute Gasteiger partial charge is 0.255 e. The number of morpholine rings is 1. The van der Waals surface area contributed by atoms with E-state index >= 15 is 0 Å². The van der Waals surface area contributed by atoms with Gasteiger partial charge in [0.05, 0.1) is 36.8 Å². The van der Waals surface area contributed by atoms with Crippen LogP contribution >= 0.6 is 11.6 Å². The van der Waals surface area contributed by atoms with E-state index in [0.29, 0.717) is 67.3 Å². The van der Waals surface area contributed by atoms with Crippen LogP contribution in [0.3, 0.4) is 0 Å². The Kier molecular flexibility index (Phi) is 8.62. The number of carbonyl (C=O) groups is 1. The van der Waals surface area contributed by atoms with Crippen LogP contribution in [-0.4, -0.2) is 88.4 Å². The third kappa shape index (κ3) is 6.71. The molecule has 1 aromatic rings. The van der Waals surface area contributed by atoms with Gasteiger partial charge in [0.2, 0.25) is 10.0 Å². The molecule has 0 bridgehead atoms. The summed E-state index contributed by atoms with van der Waals surface area (Å²) in [4.78, 5) is 15.1. The number of nitrogens with two attached hydrogens (primary N) is 1. The Morgan fingerprint density at radius 1 is 1.31 bits per heavy atom. The fraction of sp³-hybridized carbons (Fsp3) is 0.667. The normalized spacial score (nSPS) is 21.4. The molecule has 2 aliphatic rings. The third-order valence-electron chi connectivity index (χ3n) is 5.89. The molecule has 2 heterocycles. The van der Waals surface area contributed by atoms with Gasteiger partial charge in [0.25, 0.3) is 5.91 Å². The molecule has 3 rings (SSSR count). The van der Waals surface area contributed by atoms with Crippen molar-refractivity contribution >= 4 is 33.2 Å². The molecule has 0 aromatic heterocycles. The summed E-state index contributed by atoms with van der Waals surface area (Å²) in [6.45, 7) is 6.78. The quantitative estimate of drug-likeness (QED) is 0.532. The lowest BCUT2D eigenvalue weighted by Crippen LogP contribution is -2.49. The lowest BCUT2D eigenvalue weighted by atomic mass is 9.97. The molecule has 2 saturated heterocycles. The standard InChI is InChI=1S/C21H33ClN4O5S/c1-3-30-20-18(10-16(22)11-19(20)23)21(27)24-12-17-14-25(8-9-31-17)13-15-4-6-26(7-5-15)32(2,28)29/h10-11,15,17H,3-9,12-14,23H2,1-2H3,(H,24,27). The van der Waals surface area contributed by atoms with Crippen molar-refractivity contribution in [3.05, 3.63) is 22.7 Å². The van der Waals surface area contributed by atoms with E-state index in [1.165, 1.54) is 6.26 Å². The molecular weight excluding hydrogens is 456 g/mol. The molecule has 1 atom stereocenters. The largest absolute Gasteiger partial charge is 0.491 e. The van der Waals surface area contributed by atoms with Crippen molar-refractivity contribution in [3.63, 3.8) is 0 Å². The van der Waals surface area contributed by atoms with Crippen molar-refractivity contribution in [2.75, 3.05) is 64.5 Å². The van der Waals surface area contributed by atoms with Crippen molar-refractivity contribution in [2.24, 2.45) is 5.92 Å². The predicted molar refractivity (Wildman–Crippen MR) is 125 cm³/mol. The van der Waals surface area contributed by atoms with E-state index in [1.54, 1.807) is 16.4 Å². The summed E-state index contributed by atoms with van der Waals surface area (Å²) in [6, 6.07) is 3.11. The van der Waals surface area contributed by atoms with Gasteiger partial charge in [-0.2, -0.15) is 0 Å². The van der Waals surface area contributed by atoms with Crippen LogP contribution in [0.25, 0.3) is 0 Å². The van der Waals surface area contributed by atoms with Gasteiger partial charge in [-0.15, -0.1) is 0 Å². The van der Waals surface area contributed by atoms with Gasteiger partial charge in [-0.1, -0.05) is 11.6 Å². The van der Waals surface area contributed by atoms with E-state index in [1.807, 2.05) is 6.92 Å². The fourth-order valence-corrected chi connectivity index (χ4v) is 5.35. The maximum atomic E-state index is 12.8. The Morgan fingerprint density at radius 2 is 2.03 bits per heavy atom. The molecule has 32 heavy (non-hydrogen) atoms. The van der Waals surface area contributed by atoms with E-state index in [-0.39, 0.29) is 12.0 Å². The SMILES string of the molecule is CCOc1c(N)cc(Cl)cc1C(=O)NCC1CN(CC2CCN(S(C)(=O)=O)CC2)CCO1. The molecule has 0 saturated carbocycles. The molecule has 0 aliphatic carbocycles. The summed E-state index contributed by atoms with van der Waals surface area (Å²) in [5, 5.41) is 3.28. The topological polar surface area (TPSA) is 114 Å². The summed E-state index contributed by atoms with van der Waals surface area (Å²) < 4.78 is 36.3. The Morgan fingerprint density at radius 3 is 2.69 bits per heavy atom. The van der Waals surface area contributed by atoms with Gasteiger partial charge < -0.3 is 20.5 Å². The molecular formula is C21H33ClN4O5S. The van der Waals surface area contributed by atoms with E-state index in [2.05, 4.69) is 10.2 Å². The minimum Gasteiger partial charge on any atom is -0.491 e. The van der Waals surface area contributed by atoms with Gasteiger partial charge in [0, 0.05) is 44.3 Å². The molecule has 2 aliphatic heterocycles. The maximum absolute atomic E-state index is 12.8. The highest BCUT2D eigenvalue weighted by molar-refractivity contribution is 7.88. The minimum atomic E-state index is -3.11. The first kappa shape index (κ1) is 25.0. The summed E-state index contributed by atoms with van der Waals surface area (Å²) >= 11 is 6.08. The lowest BCUT2D eigenvalue weighted by Gasteiger charge is -2.37. The second kappa shape index (κ2) is 11.0. The summed E-state index contributed by atoms with van der Waals surface area (Å²) in [5.74, 6) is 0.488. The zero-order chi connectivity index (χ0) is 23.3. The average molecular weight is 489 g/mol. The molecule has 2 fully saturated rings. The maximum Gasteiger partial charge on any atom is 0.255 e. The third-order valence-corrected chi connectivity index (χ3v) is 7.41. The van der Waals surface area contributed by atoms with E-state index in [0.717, 1.165) is 25.9 Å². The Balaban J connectivity index is 1.50. The second-order valence-corrected chi connectivity index (χ2v) is 10.8. The number of hydrogen-bond acceptors (Lipinski definition) is 7. The zero-order valence-corrected chi connectivity index (χ0v) is 20.3. The minimum absolute atomic E-state index is 0.129. The summed E-state index contributed by atoms with van der Waals surface area (Å²) in [7, 11) is -3.11. The molecule has 180 valence electrons. The molecule has 1 amide bonds. The number of hydrogen-bond donors (Lipinski definition) is 2. The Labute approximate surface area is 195 Å². The first-order chi connectivity index (χ1) is 15.2. The first-order valence-corrected chi connectivity index (χ1v) is 13.2. The highest BCUT2D eigenvalue weighted by Gasteiger charge is 2.28. The fourth-order valence-electron chi connectivity index (χ4n) is 4.25. The van der Waals surface area contributed by atoms with E-state index in [4.69, 9.17) is 26.8 Å². The molecule has 1 aromatic carbocycles. The van der Waals surface area contributed by atoms with Crippen molar-refractivity contribution < 1.29 is 22.7 Å². The van der Waals surface area contributed by atoms with Crippen LogP contribution in [0.5, 0.6) is 5.75 Å². The monoisotopic (exact) mass is 488 g/mol. The van der Waals surface area contributed by atoms with Crippen molar-refractivity contribution in [3.8, 4) is 5.75 Å². The molecule has 0 radical (unpaired) electrons. The predicted octanol–water partition coefficient (Wildman–Crippen LogP) is 1.42. The van der Waals surface area contributed by atoms with Crippen LogP contribution < -0.4 is 15.8 Å². The number of nitrogen functional groups attached to an aromatic ring is 1. The highest BCUT2D eigenvalue weighted by atomic mass is 35.5. The summed E-state index contributed by atoms with van der Waals surface area (Å²) in [5.41, 5.74) is 6.60. The van der Waals surface area contributed by atoms with Gasteiger partial charge in [-0.25, -0.2) is 12.7 Å². The van der Waals surface area contributed by atoms with Gasteiger partial charge in [0.15, 0.2) is 5.75 Å². The number of rotatable bonds is 8. The van der Waals surface area contributed by atoms with Crippen LogP contribution in [0.1, 0.15) is 30.1 Å². The van der Waals surface area contributed by atoms with Gasteiger partial charge >= 0.3 is 0 Å². The number of anilines is 1. The number of halogens is 1. The number of carbonyl (C=O) groups excluding carboxylic acids is 1. The average Bonchev–Trinajstić information content (AvgIpc) is 2.74. The first-order valence-electron chi connectivity index (χ1n) is 11.0. The van der Waals surface area contributed by atoms with Gasteiger partial charge in [-0.05, 0) is 37.8 Å². The number of benzene rings is 1. The van der Waals surface area contributed by atoms with Crippen molar-refractivity contribution in [1.29, 1.82) is 0 Å². The molecule has 0 spiro atoms. The number of amides is 1. The second-order valence-electron chi connectivity index (χ2n) is 8.37. The van der Waals surface area contributed by atoms with Crippen LogP contribution in [0.4, 0.5) is 5.69 Å². The summed E-state index contributed by atoms with van der Waals surface area (Å²) in [6.07, 6.45) is 2.86. The molecule has 1 unspecified atom stereocenters. The van der Waals surface area contributed by atoms with Crippen LogP contribution in [0.15, 0.2) is 12.1 Å². The van der Waals surface area contributed by atoms with E-state index < -0.39 is 10.0 Å². The number of ether oxygens (including phenoxy) is 2. The zero-order valence-electron chi connectivity index (χ0n) is 18.7. The van der Waals surface area contributed by atoms with Crippen molar-refractivity contribution in [1.82, 2.24) is 14.5 Å². The highest BCUT2D eigenvalue weighted by Crippen LogP contribution is 2.30. The lowest BCUT2D eigenvalue weighted by molar-refractivity contribution is -0.0327. The number of nitrogens with one attached hydrogen (secondary N) is 1. The van der Waals surface area contributed by atoms with Crippen molar-refractivity contribution in [2.45, 2.75) is 25.9 Å². The molecule has 9 nitrogen and oxygen atoms in total.